The van der Waals surface area contributed by atoms with Crippen LogP contribution in [0.25, 0.3) is 0 Å². The molecule has 0 radical (unpaired) electrons. The summed E-state index contributed by atoms with van der Waals surface area (Å²) in [4.78, 5) is 0. The third-order valence-corrected chi connectivity index (χ3v) is 19.3. The van der Waals surface area contributed by atoms with E-state index in [4.69, 9.17) is 0 Å². The molecular formula is C50H86. The Balaban J connectivity index is 1.06. The molecule has 0 aromatic carbocycles. The Bertz CT molecular complexity index is 1100. The Morgan fingerprint density at radius 1 is 0.280 bits per heavy atom. The summed E-state index contributed by atoms with van der Waals surface area (Å²) in [5.74, 6) is 1.04. The van der Waals surface area contributed by atoms with Gasteiger partial charge in [0.1, 0.15) is 0 Å². The standard InChI is InChI=1S/C50H86/c1-2-43-20-16-29-45(36-43)23-10-5-11-25-47(38-45)32-18-33-49(40-47)27-14-7-15-28-50(42-49)35-19-34-48(41-50)26-13-6-12-24-46(39-48)31-17-30-44(37-46)21-8-3-4-9-22-44/h43H,2-42H2,1H3. The highest BCUT2D eigenvalue weighted by molar-refractivity contribution is 5.07. The third kappa shape index (κ3) is 8.02. The van der Waals surface area contributed by atoms with Gasteiger partial charge in [0.05, 0.1) is 0 Å². The molecule has 8 saturated carbocycles. The Hall–Kier alpha value is 0. The van der Waals surface area contributed by atoms with Gasteiger partial charge in [0.25, 0.3) is 0 Å². The molecule has 8 aliphatic carbocycles. The van der Waals surface area contributed by atoms with Crippen molar-refractivity contribution < 1.29 is 0 Å². The highest BCUT2D eigenvalue weighted by atomic mass is 14.6. The monoisotopic (exact) mass is 687 g/mol. The minimum Gasteiger partial charge on any atom is -0.0651 e. The van der Waals surface area contributed by atoms with E-state index in [0.29, 0.717) is 32.5 Å². The van der Waals surface area contributed by atoms with Crippen molar-refractivity contribution in [2.45, 2.75) is 270 Å². The van der Waals surface area contributed by atoms with Crippen molar-refractivity contribution in [3.63, 3.8) is 0 Å². The molecule has 7 unspecified atom stereocenters. The van der Waals surface area contributed by atoms with Gasteiger partial charge in [-0.3, -0.25) is 0 Å². The van der Waals surface area contributed by atoms with E-state index in [1.165, 1.54) is 19.3 Å². The lowest BCUT2D eigenvalue weighted by molar-refractivity contribution is -0.0890. The zero-order valence-electron chi connectivity index (χ0n) is 34.1. The SMILES string of the molecule is CCC1CCCC2(CCCCCC3(CCCC4(CCCCCC5(CCCC6(CCCCCC7(CCCC8(CCCCCC8)C7)C6)C5)C4)C3)C2)C1. The molecule has 8 aliphatic rings. The van der Waals surface area contributed by atoms with Gasteiger partial charge in [0.15, 0.2) is 0 Å². The topological polar surface area (TPSA) is 0 Å². The molecule has 0 saturated heterocycles. The molecule has 7 atom stereocenters. The molecule has 0 nitrogen and oxygen atoms in total. The molecule has 8 rings (SSSR count). The van der Waals surface area contributed by atoms with Gasteiger partial charge in [-0.15, -0.1) is 0 Å². The van der Waals surface area contributed by atoms with Gasteiger partial charge in [0.2, 0.25) is 0 Å². The summed E-state index contributed by atoms with van der Waals surface area (Å²) >= 11 is 0. The van der Waals surface area contributed by atoms with Gasteiger partial charge in [0, 0.05) is 0 Å². The summed E-state index contributed by atoms with van der Waals surface area (Å²) in [6.07, 6.45) is 65.1. The summed E-state index contributed by atoms with van der Waals surface area (Å²) < 4.78 is 0. The largest absolute Gasteiger partial charge is 0.0651 e. The second kappa shape index (κ2) is 15.3. The Morgan fingerprint density at radius 2 is 0.540 bits per heavy atom. The first-order chi connectivity index (χ1) is 24.3. The molecule has 0 amide bonds. The van der Waals surface area contributed by atoms with Crippen LogP contribution in [0.1, 0.15) is 270 Å². The molecule has 7 spiro atoms. The zero-order valence-corrected chi connectivity index (χ0v) is 34.1. The first-order valence-electron chi connectivity index (χ1n) is 24.3. The van der Waals surface area contributed by atoms with Crippen molar-refractivity contribution in [3.05, 3.63) is 0 Å². The average molecular weight is 687 g/mol. The summed E-state index contributed by atoms with van der Waals surface area (Å²) in [6.45, 7) is 2.52. The maximum atomic E-state index is 2.52. The first kappa shape index (κ1) is 36.9. The zero-order chi connectivity index (χ0) is 34.1. The second-order valence-electron chi connectivity index (χ2n) is 23.1. The lowest BCUT2D eigenvalue weighted by atomic mass is 9.45. The van der Waals surface area contributed by atoms with Crippen LogP contribution in [0.3, 0.4) is 0 Å². The Morgan fingerprint density at radius 3 is 0.940 bits per heavy atom. The van der Waals surface area contributed by atoms with Crippen LogP contribution in [-0.2, 0) is 0 Å². The quantitative estimate of drug-likeness (QED) is 0.258. The smallest absolute Gasteiger partial charge is 0.0287 e. The average Bonchev–Trinajstić information content (AvgIpc) is 3.30. The molecule has 8 fully saturated rings. The highest BCUT2D eigenvalue weighted by Gasteiger charge is 2.56. The van der Waals surface area contributed by atoms with E-state index in [2.05, 4.69) is 6.92 Å². The first-order valence-corrected chi connectivity index (χ1v) is 24.3. The minimum absolute atomic E-state index is 0.684. The van der Waals surface area contributed by atoms with Crippen molar-refractivity contribution in [2.24, 2.45) is 43.8 Å². The molecule has 0 N–H and O–H groups in total. The maximum Gasteiger partial charge on any atom is -0.0287 e. The van der Waals surface area contributed by atoms with Gasteiger partial charge in [-0.2, -0.15) is 0 Å². The fourth-order valence-electron chi connectivity index (χ4n) is 17.9. The number of hydrogen-bond acceptors (Lipinski definition) is 0. The van der Waals surface area contributed by atoms with Crippen LogP contribution < -0.4 is 0 Å². The van der Waals surface area contributed by atoms with Crippen LogP contribution in [0.15, 0.2) is 0 Å². The summed E-state index contributed by atoms with van der Waals surface area (Å²) in [7, 11) is 0. The Labute approximate surface area is 313 Å². The van der Waals surface area contributed by atoms with Gasteiger partial charge in [-0.05, 0) is 185 Å². The van der Waals surface area contributed by atoms with E-state index in [1.54, 1.807) is 244 Å². The Kier molecular flexibility index (Phi) is 11.3. The van der Waals surface area contributed by atoms with E-state index < -0.39 is 0 Å². The van der Waals surface area contributed by atoms with Crippen LogP contribution >= 0.6 is 0 Å². The lowest BCUT2D eigenvalue weighted by Crippen LogP contribution is -2.48. The van der Waals surface area contributed by atoms with Crippen molar-refractivity contribution >= 4 is 0 Å². The fraction of sp³-hybridized carbons (Fsp3) is 1.00. The molecule has 0 heteroatoms. The number of hydrogen-bond donors (Lipinski definition) is 0. The second-order valence-corrected chi connectivity index (χ2v) is 23.1. The molecule has 0 aromatic rings. The predicted molar refractivity (Wildman–Crippen MR) is 215 cm³/mol. The van der Waals surface area contributed by atoms with Crippen LogP contribution in [0, 0.1) is 43.8 Å². The third-order valence-electron chi connectivity index (χ3n) is 19.3. The van der Waals surface area contributed by atoms with Crippen molar-refractivity contribution in [3.8, 4) is 0 Å². The van der Waals surface area contributed by atoms with E-state index in [9.17, 15) is 0 Å². The van der Waals surface area contributed by atoms with Crippen LogP contribution in [0.5, 0.6) is 0 Å². The lowest BCUT2D eigenvalue weighted by Gasteiger charge is -2.60. The summed E-state index contributed by atoms with van der Waals surface area (Å²) in [5.41, 5.74) is 4.92. The molecule has 0 heterocycles. The van der Waals surface area contributed by atoms with Gasteiger partial charge in [-0.1, -0.05) is 129 Å². The summed E-state index contributed by atoms with van der Waals surface area (Å²) in [5, 5.41) is 0. The van der Waals surface area contributed by atoms with E-state index >= 15 is 0 Å². The molecule has 0 bridgehead atoms. The summed E-state index contributed by atoms with van der Waals surface area (Å²) in [6, 6.07) is 0. The van der Waals surface area contributed by atoms with Crippen LogP contribution in [0.4, 0.5) is 0 Å². The molecule has 0 aliphatic heterocycles. The van der Waals surface area contributed by atoms with E-state index in [1.807, 2.05) is 0 Å². The van der Waals surface area contributed by atoms with E-state index in [-0.39, 0.29) is 0 Å². The normalized spacial score (nSPS) is 46.6. The molecule has 0 aromatic heterocycles. The molecular weight excluding hydrogens is 601 g/mol. The number of rotatable bonds is 1. The minimum atomic E-state index is 0.684. The van der Waals surface area contributed by atoms with Crippen molar-refractivity contribution in [1.82, 2.24) is 0 Å². The van der Waals surface area contributed by atoms with Crippen LogP contribution in [-0.4, -0.2) is 0 Å². The predicted octanol–water partition coefficient (Wildman–Crippen LogP) is 16.6. The van der Waals surface area contributed by atoms with Crippen LogP contribution in [0.2, 0.25) is 0 Å². The highest BCUT2D eigenvalue weighted by Crippen LogP contribution is 2.68. The van der Waals surface area contributed by atoms with Crippen molar-refractivity contribution in [1.29, 1.82) is 0 Å². The van der Waals surface area contributed by atoms with E-state index in [0.717, 1.165) is 11.3 Å². The van der Waals surface area contributed by atoms with Gasteiger partial charge < -0.3 is 0 Å². The molecule has 50 heavy (non-hydrogen) atoms. The van der Waals surface area contributed by atoms with Gasteiger partial charge in [-0.25, -0.2) is 0 Å². The van der Waals surface area contributed by atoms with Crippen molar-refractivity contribution in [2.75, 3.05) is 0 Å². The van der Waals surface area contributed by atoms with Gasteiger partial charge >= 0.3 is 0 Å². The molecule has 286 valence electrons. The maximum absolute atomic E-state index is 2.52. The fourth-order valence-corrected chi connectivity index (χ4v) is 17.9.